The minimum atomic E-state index is -0.387. The van der Waals surface area contributed by atoms with Crippen molar-refractivity contribution < 1.29 is 9.59 Å². The predicted molar refractivity (Wildman–Crippen MR) is 104 cm³/mol. The molecule has 3 rings (SSSR count). The van der Waals surface area contributed by atoms with Gasteiger partial charge in [0, 0.05) is 49.7 Å². The summed E-state index contributed by atoms with van der Waals surface area (Å²) in [6.45, 7) is 8.71. The fourth-order valence-corrected chi connectivity index (χ4v) is 3.06. The summed E-state index contributed by atoms with van der Waals surface area (Å²) in [5.41, 5.74) is 1.49. The normalized spacial score (nSPS) is 14.9. The summed E-state index contributed by atoms with van der Waals surface area (Å²) in [6.07, 6.45) is 3.67. The van der Waals surface area contributed by atoms with Crippen LogP contribution in [0.15, 0.2) is 42.7 Å². The highest BCUT2D eigenvalue weighted by Gasteiger charge is 2.30. The molecule has 1 aromatic carbocycles. The zero-order valence-corrected chi connectivity index (χ0v) is 16.2. The van der Waals surface area contributed by atoms with E-state index < -0.39 is 0 Å². The lowest BCUT2D eigenvalue weighted by molar-refractivity contribution is -0.140. The number of nitrogens with zero attached hydrogens (tertiary/aromatic N) is 4. The molecule has 0 unspecified atom stereocenters. The number of anilines is 1. The zero-order valence-electron chi connectivity index (χ0n) is 16.2. The number of urea groups is 1. The molecular weight excluding hydrogens is 342 g/mol. The smallest absolute Gasteiger partial charge is 0.321 e. The molecule has 1 aromatic heterocycles. The maximum Gasteiger partial charge on any atom is 0.321 e. The first-order valence-corrected chi connectivity index (χ1v) is 9.24. The third-order valence-electron chi connectivity index (χ3n) is 4.60. The molecule has 0 bridgehead atoms. The molecule has 27 heavy (non-hydrogen) atoms. The van der Waals surface area contributed by atoms with Gasteiger partial charge < -0.3 is 15.1 Å². The fourth-order valence-electron chi connectivity index (χ4n) is 3.06. The van der Waals surface area contributed by atoms with Crippen molar-refractivity contribution in [3.63, 3.8) is 0 Å². The zero-order chi connectivity index (χ0) is 19.4. The Labute approximate surface area is 159 Å². The molecular formula is C20H27N5O2. The molecule has 0 atom stereocenters. The molecule has 0 aliphatic carbocycles. The number of benzene rings is 1. The molecule has 144 valence electrons. The van der Waals surface area contributed by atoms with Crippen LogP contribution < -0.4 is 5.32 Å². The summed E-state index contributed by atoms with van der Waals surface area (Å²) in [6, 6.07) is 9.53. The Morgan fingerprint density at radius 2 is 1.67 bits per heavy atom. The van der Waals surface area contributed by atoms with Crippen molar-refractivity contribution in [2.75, 3.05) is 31.5 Å². The number of aromatic nitrogens is 2. The van der Waals surface area contributed by atoms with Crippen molar-refractivity contribution in [2.45, 2.75) is 27.3 Å². The van der Waals surface area contributed by atoms with Crippen LogP contribution >= 0.6 is 0 Å². The molecule has 1 aliphatic heterocycles. The van der Waals surface area contributed by atoms with Crippen LogP contribution in [0.25, 0.3) is 0 Å². The Balaban J connectivity index is 1.50. The molecule has 0 radical (unpaired) electrons. The Morgan fingerprint density at radius 1 is 1.04 bits per heavy atom. The lowest BCUT2D eigenvalue weighted by Crippen LogP contribution is -2.53. The third kappa shape index (κ3) is 4.87. The van der Waals surface area contributed by atoms with E-state index in [0.29, 0.717) is 32.7 Å². The minimum absolute atomic E-state index is 0.127. The van der Waals surface area contributed by atoms with Crippen LogP contribution in [-0.2, 0) is 11.3 Å². The summed E-state index contributed by atoms with van der Waals surface area (Å²) in [4.78, 5) is 28.4. The predicted octanol–water partition coefficient (Wildman–Crippen LogP) is 2.65. The van der Waals surface area contributed by atoms with Crippen LogP contribution in [-0.4, -0.2) is 57.7 Å². The van der Waals surface area contributed by atoms with Gasteiger partial charge in [0.2, 0.25) is 5.91 Å². The lowest BCUT2D eigenvalue weighted by atomic mass is 9.94. The monoisotopic (exact) mass is 369 g/mol. The number of amides is 3. The summed E-state index contributed by atoms with van der Waals surface area (Å²) < 4.78 is 1.85. The average molecular weight is 369 g/mol. The van der Waals surface area contributed by atoms with Crippen LogP contribution in [0.3, 0.4) is 0 Å². The molecule has 1 fully saturated rings. The van der Waals surface area contributed by atoms with E-state index in [2.05, 4.69) is 10.4 Å². The molecule has 1 aliphatic rings. The largest absolute Gasteiger partial charge is 0.339 e. The van der Waals surface area contributed by atoms with Crippen LogP contribution in [0.2, 0.25) is 0 Å². The van der Waals surface area contributed by atoms with E-state index >= 15 is 0 Å². The molecule has 1 N–H and O–H groups in total. The van der Waals surface area contributed by atoms with Gasteiger partial charge in [0.15, 0.2) is 0 Å². The SMILES string of the molecule is CC(C)(C)C(=O)N1CCN(C(=O)Nc2ccc(Cn3cccn3)cc2)CC1. The second kappa shape index (κ2) is 7.82. The molecule has 0 saturated carbocycles. The third-order valence-corrected chi connectivity index (χ3v) is 4.60. The lowest BCUT2D eigenvalue weighted by Gasteiger charge is -2.37. The molecule has 7 heteroatoms. The van der Waals surface area contributed by atoms with Crippen LogP contribution in [0.4, 0.5) is 10.5 Å². The quantitative estimate of drug-likeness (QED) is 0.904. The van der Waals surface area contributed by atoms with Crippen molar-refractivity contribution in [1.82, 2.24) is 19.6 Å². The average Bonchev–Trinajstić information content (AvgIpc) is 3.15. The van der Waals surface area contributed by atoms with Crippen molar-refractivity contribution >= 4 is 17.6 Å². The van der Waals surface area contributed by atoms with Gasteiger partial charge in [-0.15, -0.1) is 0 Å². The van der Waals surface area contributed by atoms with Gasteiger partial charge in [-0.25, -0.2) is 4.79 Å². The molecule has 1 saturated heterocycles. The van der Waals surface area contributed by atoms with Crippen molar-refractivity contribution in [3.8, 4) is 0 Å². The number of piperazine rings is 1. The number of hydrogen-bond acceptors (Lipinski definition) is 3. The van der Waals surface area contributed by atoms with Gasteiger partial charge in [-0.3, -0.25) is 9.48 Å². The Kier molecular flexibility index (Phi) is 5.48. The van der Waals surface area contributed by atoms with Gasteiger partial charge in [0.1, 0.15) is 0 Å². The molecule has 3 amide bonds. The van der Waals surface area contributed by atoms with Gasteiger partial charge in [0.05, 0.1) is 6.54 Å². The molecule has 2 heterocycles. The van der Waals surface area contributed by atoms with Gasteiger partial charge in [-0.05, 0) is 23.8 Å². The minimum Gasteiger partial charge on any atom is -0.339 e. The summed E-state index contributed by atoms with van der Waals surface area (Å²) in [5, 5.41) is 7.12. The topological polar surface area (TPSA) is 70.5 Å². The second-order valence-electron chi connectivity index (χ2n) is 7.86. The van der Waals surface area contributed by atoms with Crippen molar-refractivity contribution in [3.05, 3.63) is 48.3 Å². The first-order valence-electron chi connectivity index (χ1n) is 9.24. The van der Waals surface area contributed by atoms with Gasteiger partial charge >= 0.3 is 6.03 Å². The second-order valence-corrected chi connectivity index (χ2v) is 7.86. The van der Waals surface area contributed by atoms with Crippen molar-refractivity contribution in [2.24, 2.45) is 5.41 Å². The van der Waals surface area contributed by atoms with E-state index in [4.69, 9.17) is 0 Å². The van der Waals surface area contributed by atoms with E-state index in [-0.39, 0.29) is 17.4 Å². The van der Waals surface area contributed by atoms with E-state index in [1.165, 1.54) is 0 Å². The van der Waals surface area contributed by atoms with E-state index in [0.717, 1.165) is 11.3 Å². The maximum atomic E-state index is 12.5. The summed E-state index contributed by atoms with van der Waals surface area (Å²) in [5.74, 6) is 0.135. The first-order chi connectivity index (χ1) is 12.8. The highest BCUT2D eigenvalue weighted by Crippen LogP contribution is 2.19. The van der Waals surface area contributed by atoms with Crippen molar-refractivity contribution in [1.29, 1.82) is 0 Å². The van der Waals surface area contributed by atoms with E-state index in [1.807, 2.05) is 66.9 Å². The fraction of sp³-hybridized carbons (Fsp3) is 0.450. The number of carbonyl (C=O) groups is 2. The number of nitrogens with one attached hydrogen (secondary N) is 1. The van der Waals surface area contributed by atoms with Crippen LogP contribution in [0, 0.1) is 5.41 Å². The van der Waals surface area contributed by atoms with Gasteiger partial charge in [-0.1, -0.05) is 32.9 Å². The maximum absolute atomic E-state index is 12.5. The molecule has 2 aromatic rings. The van der Waals surface area contributed by atoms with E-state index in [1.54, 1.807) is 11.1 Å². The van der Waals surface area contributed by atoms with Gasteiger partial charge in [0.25, 0.3) is 0 Å². The first kappa shape index (κ1) is 18.9. The standard InChI is InChI=1S/C20H27N5O2/c1-20(2,3)18(26)23-11-13-24(14-12-23)19(27)22-17-7-5-16(6-8-17)15-25-10-4-9-21-25/h4-10H,11-15H2,1-3H3,(H,22,27). The summed E-state index contributed by atoms with van der Waals surface area (Å²) >= 11 is 0. The summed E-state index contributed by atoms with van der Waals surface area (Å²) in [7, 11) is 0. The highest BCUT2D eigenvalue weighted by atomic mass is 16.2. The van der Waals surface area contributed by atoms with Gasteiger partial charge in [-0.2, -0.15) is 5.10 Å². The van der Waals surface area contributed by atoms with E-state index in [9.17, 15) is 9.59 Å². The number of carbonyl (C=O) groups excluding carboxylic acids is 2. The van der Waals surface area contributed by atoms with Crippen LogP contribution in [0.5, 0.6) is 0 Å². The number of rotatable bonds is 3. The Morgan fingerprint density at radius 3 is 2.22 bits per heavy atom. The Bertz CT molecular complexity index is 770. The highest BCUT2D eigenvalue weighted by molar-refractivity contribution is 5.89. The molecule has 7 nitrogen and oxygen atoms in total. The Hall–Kier alpha value is -2.83. The van der Waals surface area contributed by atoms with Crippen LogP contribution in [0.1, 0.15) is 26.3 Å². The molecule has 0 spiro atoms. The number of hydrogen-bond donors (Lipinski definition) is 1.